The van der Waals surface area contributed by atoms with Gasteiger partial charge in [-0.2, -0.15) is 4.98 Å². The van der Waals surface area contributed by atoms with Crippen molar-refractivity contribution in [1.82, 2.24) is 24.4 Å². The molecule has 1 amide bonds. The zero-order valence-corrected chi connectivity index (χ0v) is 25.0. The van der Waals surface area contributed by atoms with E-state index in [9.17, 15) is 26.8 Å². The first-order valence-electron chi connectivity index (χ1n) is 13.3. The number of aromatic nitrogens is 4. The Morgan fingerprint density at radius 1 is 1.16 bits per heavy atom. The van der Waals surface area contributed by atoms with Crippen molar-refractivity contribution in [1.29, 1.82) is 0 Å². The first kappa shape index (κ1) is 30.2. The number of nitrogens with zero attached hydrogens (tertiary/aromatic N) is 6. The van der Waals surface area contributed by atoms with E-state index < -0.39 is 38.0 Å². The average molecular weight is 629 g/mol. The summed E-state index contributed by atoms with van der Waals surface area (Å²) in [5.74, 6) is -1.94. The Kier molecular flexibility index (Phi) is 8.05. The Balaban J connectivity index is 1.84. The van der Waals surface area contributed by atoms with Crippen LogP contribution >= 0.6 is 11.6 Å². The smallest absolute Gasteiger partial charge is 0.350 e. The highest BCUT2D eigenvalue weighted by Gasteiger charge is 2.31. The van der Waals surface area contributed by atoms with Crippen LogP contribution < -0.4 is 10.6 Å². The van der Waals surface area contributed by atoms with Crippen molar-refractivity contribution in [3.05, 3.63) is 82.5 Å². The number of amides is 1. The van der Waals surface area contributed by atoms with Gasteiger partial charge in [-0.15, -0.1) is 0 Å². The van der Waals surface area contributed by atoms with E-state index in [4.69, 9.17) is 11.6 Å². The lowest BCUT2D eigenvalue weighted by Gasteiger charge is -2.40. The Morgan fingerprint density at radius 3 is 2.49 bits per heavy atom. The summed E-state index contributed by atoms with van der Waals surface area (Å²) in [6.07, 6.45) is 3.70. The molecular weight excluding hydrogens is 602 g/mol. The molecule has 14 heteroatoms. The number of halogens is 3. The summed E-state index contributed by atoms with van der Waals surface area (Å²) < 4.78 is 57.5. The van der Waals surface area contributed by atoms with Crippen LogP contribution in [0.25, 0.3) is 28.0 Å². The standard InChI is InChI=1S/C29H27ClF2N6O4S/c1-5-24(39)36-11-12-37(17(4)15-36)27-18-13-19(30)26(25-20(31)7-6-8-21(25)32)34-28(18)38(29(40)35-27)22-14-33-10-9-23(22)43(41,42)16(2)3/h5-10,13-14,16-17H,1,11-12,15H2,2-4H3/t17-/m0/s1. The number of fused-ring (bicyclic) bond motifs is 1. The molecule has 5 rings (SSSR count). The third kappa shape index (κ3) is 5.27. The summed E-state index contributed by atoms with van der Waals surface area (Å²) in [5, 5.41) is -0.750. The highest BCUT2D eigenvalue weighted by molar-refractivity contribution is 7.92. The number of hydrogen-bond donors (Lipinski definition) is 0. The van der Waals surface area contributed by atoms with Gasteiger partial charge in [0.1, 0.15) is 17.5 Å². The highest BCUT2D eigenvalue weighted by atomic mass is 35.5. The van der Waals surface area contributed by atoms with E-state index in [1.165, 1.54) is 50.5 Å². The maximum Gasteiger partial charge on any atom is 0.355 e. The van der Waals surface area contributed by atoms with Gasteiger partial charge in [-0.25, -0.2) is 31.5 Å². The van der Waals surface area contributed by atoms with Crippen LogP contribution in [0, 0.1) is 11.6 Å². The molecule has 1 aromatic carbocycles. The number of carbonyl (C=O) groups is 1. The molecule has 10 nitrogen and oxygen atoms in total. The summed E-state index contributed by atoms with van der Waals surface area (Å²) >= 11 is 6.59. The van der Waals surface area contributed by atoms with Crippen LogP contribution in [0.1, 0.15) is 20.8 Å². The molecular formula is C29H27ClF2N6O4S. The van der Waals surface area contributed by atoms with Gasteiger partial charge in [0.15, 0.2) is 15.5 Å². The quantitative estimate of drug-likeness (QED) is 0.292. The van der Waals surface area contributed by atoms with Crippen LogP contribution in [0.2, 0.25) is 5.02 Å². The fourth-order valence-corrected chi connectivity index (χ4v) is 6.52. The highest BCUT2D eigenvalue weighted by Crippen LogP contribution is 2.36. The lowest BCUT2D eigenvalue weighted by molar-refractivity contribution is -0.126. The van der Waals surface area contributed by atoms with E-state index in [-0.39, 0.29) is 56.6 Å². The second-order valence-corrected chi connectivity index (χ2v) is 13.2. The Morgan fingerprint density at radius 2 is 1.86 bits per heavy atom. The van der Waals surface area contributed by atoms with Crippen LogP contribution in [0.3, 0.4) is 0 Å². The van der Waals surface area contributed by atoms with Gasteiger partial charge >= 0.3 is 5.69 Å². The van der Waals surface area contributed by atoms with Crippen molar-refractivity contribution in [3.63, 3.8) is 0 Å². The van der Waals surface area contributed by atoms with E-state index in [0.29, 0.717) is 13.1 Å². The topological polar surface area (TPSA) is 118 Å². The number of hydrogen-bond acceptors (Lipinski definition) is 8. The zero-order chi connectivity index (χ0) is 31.2. The minimum Gasteiger partial charge on any atom is -0.350 e. The Hall–Kier alpha value is -4.23. The minimum absolute atomic E-state index is 0.126. The van der Waals surface area contributed by atoms with Crippen LogP contribution in [-0.2, 0) is 14.6 Å². The molecule has 1 aliphatic rings. The lowest BCUT2D eigenvalue weighted by atomic mass is 10.1. The number of rotatable bonds is 6. The maximum atomic E-state index is 14.9. The summed E-state index contributed by atoms with van der Waals surface area (Å²) in [6, 6.07) is 5.63. The number of anilines is 1. The molecule has 0 unspecified atom stereocenters. The average Bonchev–Trinajstić information content (AvgIpc) is 2.96. The van der Waals surface area contributed by atoms with Gasteiger partial charge in [-0.3, -0.25) is 9.78 Å². The zero-order valence-electron chi connectivity index (χ0n) is 23.5. The van der Waals surface area contributed by atoms with Crippen LogP contribution in [0.5, 0.6) is 0 Å². The summed E-state index contributed by atoms with van der Waals surface area (Å²) in [6.45, 7) is 9.26. The van der Waals surface area contributed by atoms with Crippen LogP contribution in [0.15, 0.2) is 65.1 Å². The van der Waals surface area contributed by atoms with Gasteiger partial charge < -0.3 is 9.80 Å². The van der Waals surface area contributed by atoms with Crippen molar-refractivity contribution in [2.24, 2.45) is 0 Å². The molecule has 1 saturated heterocycles. The third-order valence-corrected chi connectivity index (χ3v) is 9.80. The van der Waals surface area contributed by atoms with Gasteiger partial charge in [-0.1, -0.05) is 24.2 Å². The molecule has 4 heterocycles. The molecule has 43 heavy (non-hydrogen) atoms. The Bertz CT molecular complexity index is 1930. The predicted octanol–water partition coefficient (Wildman–Crippen LogP) is 4.18. The SMILES string of the molecule is C=CC(=O)N1CCN(c2nc(=O)n(-c3cnccc3S(=O)(=O)C(C)C)c3nc(-c4c(F)cccc4F)c(Cl)cc23)[C@@H](C)C1. The van der Waals surface area contributed by atoms with Crippen molar-refractivity contribution >= 4 is 44.2 Å². The van der Waals surface area contributed by atoms with E-state index in [1.54, 1.807) is 9.80 Å². The molecule has 1 atom stereocenters. The number of pyridine rings is 2. The predicted molar refractivity (Wildman–Crippen MR) is 159 cm³/mol. The van der Waals surface area contributed by atoms with E-state index >= 15 is 0 Å². The first-order chi connectivity index (χ1) is 20.4. The summed E-state index contributed by atoms with van der Waals surface area (Å²) in [7, 11) is -3.94. The molecule has 1 aliphatic heterocycles. The monoisotopic (exact) mass is 628 g/mol. The lowest BCUT2D eigenvalue weighted by Crippen LogP contribution is -2.54. The second-order valence-electron chi connectivity index (χ2n) is 10.3. The molecule has 0 saturated carbocycles. The van der Waals surface area contributed by atoms with Crippen LogP contribution in [0.4, 0.5) is 14.6 Å². The number of sulfone groups is 1. The van der Waals surface area contributed by atoms with E-state index in [2.05, 4.69) is 21.5 Å². The molecule has 4 aromatic rings. The van der Waals surface area contributed by atoms with Gasteiger partial charge in [0.2, 0.25) is 5.91 Å². The van der Waals surface area contributed by atoms with Crippen molar-refractivity contribution in [3.8, 4) is 16.9 Å². The fourth-order valence-electron chi connectivity index (χ4n) is 5.08. The van der Waals surface area contributed by atoms with Gasteiger partial charge in [-0.05, 0) is 51.1 Å². The molecule has 0 bridgehead atoms. The molecule has 1 fully saturated rings. The van der Waals surface area contributed by atoms with Crippen molar-refractivity contribution < 1.29 is 22.0 Å². The normalized spacial score (nSPS) is 15.7. The van der Waals surface area contributed by atoms with Gasteiger partial charge in [0.25, 0.3) is 0 Å². The molecule has 224 valence electrons. The van der Waals surface area contributed by atoms with Crippen molar-refractivity contribution in [2.75, 3.05) is 24.5 Å². The largest absolute Gasteiger partial charge is 0.355 e. The molecule has 0 N–H and O–H groups in total. The van der Waals surface area contributed by atoms with E-state index in [0.717, 1.165) is 16.7 Å². The molecule has 3 aromatic heterocycles. The van der Waals surface area contributed by atoms with Gasteiger partial charge in [0, 0.05) is 31.9 Å². The Labute approximate surface area is 251 Å². The molecule has 0 aliphatic carbocycles. The summed E-state index contributed by atoms with van der Waals surface area (Å²) in [4.78, 5) is 42.2. The second kappa shape index (κ2) is 11.5. The van der Waals surface area contributed by atoms with Crippen molar-refractivity contribution in [2.45, 2.75) is 37.0 Å². The third-order valence-electron chi connectivity index (χ3n) is 7.32. The molecule has 0 radical (unpaired) electrons. The maximum absolute atomic E-state index is 14.9. The van der Waals surface area contributed by atoms with Gasteiger partial charge in [0.05, 0.1) is 43.7 Å². The van der Waals surface area contributed by atoms with E-state index in [1.807, 2.05) is 6.92 Å². The minimum atomic E-state index is -3.94. The number of carbonyl (C=O) groups excluding carboxylic acids is 1. The number of piperazine rings is 1. The molecule has 0 spiro atoms. The summed E-state index contributed by atoms with van der Waals surface area (Å²) in [5.41, 5.74) is -1.97. The fraction of sp³-hybridized carbons (Fsp3) is 0.276. The van der Waals surface area contributed by atoms with Crippen LogP contribution in [-0.4, -0.2) is 69.7 Å². The first-order valence-corrected chi connectivity index (χ1v) is 15.2. The number of benzene rings is 1.